The molecule has 1 amide bonds. The number of carboxylic acid groups (broad SMARTS) is 1. The molecular weight excluding hydrogens is 230 g/mol. The van der Waals surface area contributed by atoms with Crippen LogP contribution in [0.2, 0.25) is 0 Å². The SMILES string of the molecule is CC(CNC(=O)C(C)CC1CCCC1)CC(=O)O. The van der Waals surface area contributed by atoms with E-state index >= 15 is 0 Å². The van der Waals surface area contributed by atoms with Crippen LogP contribution in [0.25, 0.3) is 0 Å². The van der Waals surface area contributed by atoms with Crippen molar-refractivity contribution in [3.05, 3.63) is 0 Å². The molecule has 1 aliphatic rings. The molecule has 0 aromatic carbocycles. The van der Waals surface area contributed by atoms with E-state index in [1.807, 2.05) is 13.8 Å². The minimum atomic E-state index is -0.809. The first-order chi connectivity index (χ1) is 8.49. The van der Waals surface area contributed by atoms with Crippen molar-refractivity contribution in [2.75, 3.05) is 6.54 Å². The Labute approximate surface area is 109 Å². The number of carbonyl (C=O) groups excluding carboxylic acids is 1. The number of carbonyl (C=O) groups is 2. The summed E-state index contributed by atoms with van der Waals surface area (Å²) in [7, 11) is 0. The van der Waals surface area contributed by atoms with Gasteiger partial charge in [0.15, 0.2) is 0 Å². The summed E-state index contributed by atoms with van der Waals surface area (Å²) in [5.74, 6) is 0.00680. The number of aliphatic carboxylic acids is 1. The van der Waals surface area contributed by atoms with Crippen LogP contribution >= 0.6 is 0 Å². The maximum atomic E-state index is 11.9. The molecule has 1 saturated carbocycles. The van der Waals surface area contributed by atoms with Gasteiger partial charge in [-0.05, 0) is 18.3 Å². The van der Waals surface area contributed by atoms with E-state index < -0.39 is 5.97 Å². The van der Waals surface area contributed by atoms with Crippen LogP contribution in [0.4, 0.5) is 0 Å². The third-order valence-electron chi connectivity index (χ3n) is 3.76. The zero-order valence-electron chi connectivity index (χ0n) is 11.4. The first-order valence-electron chi connectivity index (χ1n) is 6.98. The van der Waals surface area contributed by atoms with Crippen LogP contribution in [0.3, 0.4) is 0 Å². The van der Waals surface area contributed by atoms with E-state index in [0.717, 1.165) is 6.42 Å². The fourth-order valence-electron chi connectivity index (χ4n) is 2.67. The Kier molecular flexibility index (Phi) is 6.16. The van der Waals surface area contributed by atoms with Gasteiger partial charge in [0.05, 0.1) is 0 Å². The van der Waals surface area contributed by atoms with E-state index in [9.17, 15) is 9.59 Å². The molecule has 4 nitrogen and oxygen atoms in total. The molecule has 2 N–H and O–H groups in total. The molecule has 4 heteroatoms. The predicted octanol–water partition coefficient (Wildman–Crippen LogP) is 2.43. The molecule has 1 aliphatic carbocycles. The maximum absolute atomic E-state index is 11.9. The minimum Gasteiger partial charge on any atom is -0.481 e. The Hall–Kier alpha value is -1.06. The van der Waals surface area contributed by atoms with Crippen LogP contribution in [0.5, 0.6) is 0 Å². The molecule has 0 heterocycles. The van der Waals surface area contributed by atoms with Crippen LogP contribution in [0.15, 0.2) is 0 Å². The van der Waals surface area contributed by atoms with Crippen molar-refractivity contribution in [1.29, 1.82) is 0 Å². The van der Waals surface area contributed by atoms with E-state index in [1.165, 1.54) is 25.7 Å². The van der Waals surface area contributed by atoms with Crippen LogP contribution in [-0.2, 0) is 9.59 Å². The van der Waals surface area contributed by atoms with Gasteiger partial charge in [-0.25, -0.2) is 0 Å². The zero-order chi connectivity index (χ0) is 13.5. The highest BCUT2D eigenvalue weighted by Crippen LogP contribution is 2.30. The normalized spacial score (nSPS) is 19.4. The molecular formula is C14H25NO3. The number of hydrogen-bond acceptors (Lipinski definition) is 2. The zero-order valence-corrected chi connectivity index (χ0v) is 11.4. The molecule has 0 aliphatic heterocycles. The van der Waals surface area contributed by atoms with Crippen molar-refractivity contribution in [1.82, 2.24) is 5.32 Å². The van der Waals surface area contributed by atoms with E-state index in [1.54, 1.807) is 0 Å². The quantitative estimate of drug-likeness (QED) is 0.734. The second-order valence-electron chi connectivity index (χ2n) is 5.74. The van der Waals surface area contributed by atoms with Gasteiger partial charge in [0.2, 0.25) is 5.91 Å². The molecule has 0 bridgehead atoms. The topological polar surface area (TPSA) is 66.4 Å². The maximum Gasteiger partial charge on any atom is 0.303 e. The third-order valence-corrected chi connectivity index (χ3v) is 3.76. The number of amides is 1. The lowest BCUT2D eigenvalue weighted by Gasteiger charge is -2.17. The van der Waals surface area contributed by atoms with Gasteiger partial charge < -0.3 is 10.4 Å². The Bertz CT molecular complexity index is 285. The second kappa shape index (κ2) is 7.39. The van der Waals surface area contributed by atoms with E-state index in [4.69, 9.17) is 5.11 Å². The molecule has 0 saturated heterocycles. The predicted molar refractivity (Wildman–Crippen MR) is 70.2 cm³/mol. The lowest BCUT2D eigenvalue weighted by Crippen LogP contribution is -2.33. The number of hydrogen-bond donors (Lipinski definition) is 2. The van der Waals surface area contributed by atoms with E-state index in [-0.39, 0.29) is 24.2 Å². The summed E-state index contributed by atoms with van der Waals surface area (Å²) in [5, 5.41) is 11.5. The van der Waals surface area contributed by atoms with Crippen molar-refractivity contribution in [2.45, 2.75) is 52.4 Å². The van der Waals surface area contributed by atoms with Crippen molar-refractivity contribution in [3.8, 4) is 0 Å². The molecule has 2 unspecified atom stereocenters. The highest BCUT2D eigenvalue weighted by atomic mass is 16.4. The highest BCUT2D eigenvalue weighted by molar-refractivity contribution is 5.78. The minimum absolute atomic E-state index is 0.00914. The van der Waals surface area contributed by atoms with Gasteiger partial charge in [0.1, 0.15) is 0 Å². The lowest BCUT2D eigenvalue weighted by molar-refractivity contribution is -0.138. The highest BCUT2D eigenvalue weighted by Gasteiger charge is 2.22. The van der Waals surface area contributed by atoms with Crippen molar-refractivity contribution in [2.24, 2.45) is 17.8 Å². The smallest absolute Gasteiger partial charge is 0.303 e. The van der Waals surface area contributed by atoms with Crippen molar-refractivity contribution >= 4 is 11.9 Å². The van der Waals surface area contributed by atoms with Crippen molar-refractivity contribution in [3.63, 3.8) is 0 Å². The lowest BCUT2D eigenvalue weighted by atomic mass is 9.94. The summed E-state index contributed by atoms with van der Waals surface area (Å²) in [6.07, 6.45) is 6.19. The third kappa shape index (κ3) is 5.52. The summed E-state index contributed by atoms with van der Waals surface area (Å²) < 4.78 is 0. The van der Waals surface area contributed by atoms with Gasteiger partial charge in [0, 0.05) is 18.9 Å². The van der Waals surface area contributed by atoms with Crippen molar-refractivity contribution < 1.29 is 14.7 Å². The average molecular weight is 255 g/mol. The molecule has 0 spiro atoms. The van der Waals surface area contributed by atoms with Crippen LogP contribution in [-0.4, -0.2) is 23.5 Å². The summed E-state index contributed by atoms with van der Waals surface area (Å²) >= 11 is 0. The van der Waals surface area contributed by atoms with Crippen LogP contribution < -0.4 is 5.32 Å². The Balaban J connectivity index is 2.20. The number of nitrogens with one attached hydrogen (secondary N) is 1. The van der Waals surface area contributed by atoms with E-state index in [2.05, 4.69) is 5.32 Å². The summed E-state index contributed by atoms with van der Waals surface area (Å²) in [4.78, 5) is 22.4. The van der Waals surface area contributed by atoms with Gasteiger partial charge in [-0.15, -0.1) is 0 Å². The molecule has 0 aromatic rings. The summed E-state index contributed by atoms with van der Waals surface area (Å²) in [5.41, 5.74) is 0. The largest absolute Gasteiger partial charge is 0.481 e. The Morgan fingerprint density at radius 1 is 1.28 bits per heavy atom. The van der Waals surface area contributed by atoms with E-state index in [0.29, 0.717) is 12.5 Å². The summed E-state index contributed by atoms with van der Waals surface area (Å²) in [6, 6.07) is 0. The van der Waals surface area contributed by atoms with Crippen LogP contribution in [0, 0.1) is 17.8 Å². The fraction of sp³-hybridized carbons (Fsp3) is 0.857. The second-order valence-corrected chi connectivity index (χ2v) is 5.74. The monoisotopic (exact) mass is 255 g/mol. The number of rotatable bonds is 7. The Morgan fingerprint density at radius 3 is 2.44 bits per heavy atom. The van der Waals surface area contributed by atoms with Gasteiger partial charge in [-0.3, -0.25) is 9.59 Å². The standard InChI is InChI=1S/C14H25NO3/c1-10(7-13(16)17)9-15-14(18)11(2)8-12-5-3-4-6-12/h10-12H,3-9H2,1-2H3,(H,15,18)(H,16,17). The molecule has 0 aromatic heterocycles. The van der Waals surface area contributed by atoms with Crippen LogP contribution in [0.1, 0.15) is 52.4 Å². The van der Waals surface area contributed by atoms with Gasteiger partial charge in [-0.2, -0.15) is 0 Å². The first-order valence-corrected chi connectivity index (χ1v) is 6.98. The molecule has 2 atom stereocenters. The molecule has 104 valence electrons. The first kappa shape index (κ1) is 15.0. The molecule has 0 radical (unpaired) electrons. The molecule has 18 heavy (non-hydrogen) atoms. The number of carboxylic acids is 1. The molecule has 1 rings (SSSR count). The van der Waals surface area contributed by atoms with Gasteiger partial charge in [-0.1, -0.05) is 39.5 Å². The fourth-order valence-corrected chi connectivity index (χ4v) is 2.67. The Morgan fingerprint density at radius 2 is 1.89 bits per heavy atom. The summed E-state index contributed by atoms with van der Waals surface area (Å²) in [6.45, 7) is 4.27. The average Bonchev–Trinajstić information content (AvgIpc) is 2.77. The van der Waals surface area contributed by atoms with Gasteiger partial charge >= 0.3 is 5.97 Å². The van der Waals surface area contributed by atoms with Gasteiger partial charge in [0.25, 0.3) is 0 Å². The molecule has 1 fully saturated rings.